The molecule has 1 unspecified atom stereocenters. The second kappa shape index (κ2) is 10.1. The first-order valence-electron chi connectivity index (χ1n) is 9.03. The molecule has 24 heavy (non-hydrogen) atoms. The molecule has 0 fully saturated rings. The topological polar surface area (TPSA) is 45.7 Å². The molecule has 1 atom stereocenters. The largest absolute Gasteiger partial charge is 0.377 e. The highest BCUT2D eigenvalue weighted by Crippen LogP contribution is 2.16. The molecule has 1 aliphatic rings. The molecule has 4 heteroatoms. The van der Waals surface area contributed by atoms with Crippen LogP contribution in [0.5, 0.6) is 0 Å². The van der Waals surface area contributed by atoms with Crippen molar-refractivity contribution in [1.29, 1.82) is 0 Å². The minimum Gasteiger partial charge on any atom is -0.377 e. The Bertz CT molecular complexity index is 549. The van der Waals surface area contributed by atoms with E-state index in [-0.39, 0.29) is 0 Å². The van der Waals surface area contributed by atoms with Gasteiger partial charge in [0, 0.05) is 25.6 Å². The summed E-state index contributed by atoms with van der Waals surface area (Å²) >= 11 is 0. The van der Waals surface area contributed by atoms with Crippen molar-refractivity contribution in [3.8, 4) is 0 Å². The lowest BCUT2D eigenvalue weighted by Gasteiger charge is -2.16. The van der Waals surface area contributed by atoms with E-state index in [1.807, 2.05) is 0 Å². The molecule has 132 valence electrons. The minimum absolute atomic E-state index is 0.416. The van der Waals surface area contributed by atoms with Gasteiger partial charge in [0.1, 0.15) is 0 Å². The van der Waals surface area contributed by atoms with Crippen LogP contribution in [0.15, 0.2) is 40.9 Å². The summed E-state index contributed by atoms with van der Waals surface area (Å²) in [5, 5.41) is 6.77. The fourth-order valence-electron chi connectivity index (χ4n) is 2.70. The van der Waals surface area contributed by atoms with Gasteiger partial charge in [-0.05, 0) is 32.3 Å². The summed E-state index contributed by atoms with van der Waals surface area (Å²) in [7, 11) is 0. The third-order valence-corrected chi connectivity index (χ3v) is 4.31. The molecule has 1 aromatic carbocycles. The smallest absolute Gasteiger partial charge is 0.191 e. The normalized spacial score (nSPS) is 16.5. The van der Waals surface area contributed by atoms with E-state index in [1.54, 1.807) is 0 Å². The van der Waals surface area contributed by atoms with Gasteiger partial charge >= 0.3 is 0 Å². The van der Waals surface area contributed by atoms with Crippen molar-refractivity contribution in [2.24, 2.45) is 4.99 Å². The predicted octanol–water partition coefficient (Wildman–Crippen LogP) is 3.39. The zero-order valence-electron chi connectivity index (χ0n) is 15.3. The highest BCUT2D eigenvalue weighted by atomic mass is 16.5. The van der Waals surface area contributed by atoms with Crippen LogP contribution in [0.25, 0.3) is 0 Å². The second-order valence-corrected chi connectivity index (χ2v) is 6.40. The number of rotatable bonds is 7. The monoisotopic (exact) mass is 329 g/mol. The van der Waals surface area contributed by atoms with Crippen LogP contribution >= 0.6 is 0 Å². The summed E-state index contributed by atoms with van der Waals surface area (Å²) in [6.07, 6.45) is 4.32. The number of nitrogens with zero attached hydrogens (tertiary/aromatic N) is 1. The van der Waals surface area contributed by atoms with Gasteiger partial charge in [0.25, 0.3) is 0 Å². The molecule has 4 nitrogen and oxygen atoms in total. The van der Waals surface area contributed by atoms with E-state index in [2.05, 4.69) is 61.7 Å². The Morgan fingerprint density at radius 3 is 2.71 bits per heavy atom. The molecule has 2 N–H and O–H groups in total. The van der Waals surface area contributed by atoms with E-state index in [4.69, 9.17) is 9.73 Å². The van der Waals surface area contributed by atoms with Crippen LogP contribution in [-0.2, 0) is 4.74 Å². The van der Waals surface area contributed by atoms with Gasteiger partial charge in [0.05, 0.1) is 13.2 Å². The Kier molecular flexibility index (Phi) is 7.83. The standard InChI is InChI=1S/C20H31N3O/c1-4-21-20(22-12-9-18-10-13-24-14-11-18)23-15-17(3)19-7-5-16(2)6-8-19/h5-8,10,17H,4,9,11-15H2,1-3H3,(H2,21,22,23). The zero-order valence-corrected chi connectivity index (χ0v) is 15.3. The first-order valence-corrected chi connectivity index (χ1v) is 9.03. The third kappa shape index (κ3) is 6.36. The van der Waals surface area contributed by atoms with Crippen molar-refractivity contribution in [2.75, 3.05) is 32.8 Å². The van der Waals surface area contributed by atoms with Crippen molar-refractivity contribution in [1.82, 2.24) is 10.6 Å². The fourth-order valence-corrected chi connectivity index (χ4v) is 2.70. The summed E-state index contributed by atoms with van der Waals surface area (Å²) in [4.78, 5) is 4.75. The molecular weight excluding hydrogens is 298 g/mol. The lowest BCUT2D eigenvalue weighted by atomic mass is 10.0. The molecule has 0 saturated carbocycles. The summed E-state index contributed by atoms with van der Waals surface area (Å²) in [5.41, 5.74) is 4.12. The fraction of sp³-hybridized carbons (Fsp3) is 0.550. The second-order valence-electron chi connectivity index (χ2n) is 6.40. The SMILES string of the molecule is CCNC(=NCC(C)c1ccc(C)cc1)NCCC1=CCOCC1. The van der Waals surface area contributed by atoms with Crippen LogP contribution in [0.2, 0.25) is 0 Å². The van der Waals surface area contributed by atoms with Crippen LogP contribution in [0.3, 0.4) is 0 Å². The van der Waals surface area contributed by atoms with Crippen LogP contribution in [0.1, 0.15) is 43.7 Å². The molecule has 0 bridgehead atoms. The van der Waals surface area contributed by atoms with Crippen LogP contribution < -0.4 is 10.6 Å². The van der Waals surface area contributed by atoms with E-state index in [0.29, 0.717) is 5.92 Å². The first kappa shape index (κ1) is 18.5. The predicted molar refractivity (Wildman–Crippen MR) is 102 cm³/mol. The Hall–Kier alpha value is -1.81. The molecule has 0 aromatic heterocycles. The van der Waals surface area contributed by atoms with Gasteiger partial charge < -0.3 is 15.4 Å². The van der Waals surface area contributed by atoms with Crippen LogP contribution in [-0.4, -0.2) is 38.8 Å². The number of nitrogens with one attached hydrogen (secondary N) is 2. The lowest BCUT2D eigenvalue weighted by molar-refractivity contribution is 0.153. The Balaban J connectivity index is 1.82. The van der Waals surface area contributed by atoms with Gasteiger partial charge in [-0.2, -0.15) is 0 Å². The number of hydrogen-bond acceptors (Lipinski definition) is 2. The number of hydrogen-bond donors (Lipinski definition) is 2. The number of aryl methyl sites for hydroxylation is 1. The van der Waals surface area contributed by atoms with Crippen molar-refractivity contribution < 1.29 is 4.74 Å². The summed E-state index contributed by atoms with van der Waals surface area (Å²) < 4.78 is 5.35. The van der Waals surface area contributed by atoms with E-state index < -0.39 is 0 Å². The van der Waals surface area contributed by atoms with Crippen molar-refractivity contribution in [3.05, 3.63) is 47.0 Å². The Labute approximate surface area is 146 Å². The van der Waals surface area contributed by atoms with Crippen LogP contribution in [0, 0.1) is 6.92 Å². The molecule has 0 radical (unpaired) electrons. The van der Waals surface area contributed by atoms with E-state index in [0.717, 1.165) is 51.6 Å². The number of ether oxygens (including phenoxy) is 1. The Morgan fingerprint density at radius 2 is 2.04 bits per heavy atom. The van der Waals surface area contributed by atoms with Crippen molar-refractivity contribution in [2.45, 2.75) is 39.5 Å². The molecule has 0 saturated heterocycles. The average molecular weight is 329 g/mol. The molecule has 1 aromatic rings. The zero-order chi connectivity index (χ0) is 17.2. The molecular formula is C20H31N3O. The molecule has 1 heterocycles. The van der Waals surface area contributed by atoms with Gasteiger partial charge in [0.2, 0.25) is 0 Å². The highest BCUT2D eigenvalue weighted by molar-refractivity contribution is 5.79. The van der Waals surface area contributed by atoms with Crippen LogP contribution in [0.4, 0.5) is 0 Å². The maximum atomic E-state index is 5.35. The maximum Gasteiger partial charge on any atom is 0.191 e. The quantitative estimate of drug-likeness (QED) is 0.458. The molecule has 1 aliphatic heterocycles. The molecule has 0 aliphatic carbocycles. The number of benzene rings is 1. The summed E-state index contributed by atoms with van der Waals surface area (Å²) in [5.74, 6) is 1.32. The van der Waals surface area contributed by atoms with Gasteiger partial charge in [-0.25, -0.2) is 0 Å². The first-order chi connectivity index (χ1) is 11.7. The molecule has 2 rings (SSSR count). The van der Waals surface area contributed by atoms with Gasteiger partial charge in [-0.1, -0.05) is 48.4 Å². The van der Waals surface area contributed by atoms with Gasteiger partial charge in [0.15, 0.2) is 5.96 Å². The summed E-state index contributed by atoms with van der Waals surface area (Å²) in [6, 6.07) is 8.74. The van der Waals surface area contributed by atoms with Gasteiger partial charge in [-0.3, -0.25) is 4.99 Å². The van der Waals surface area contributed by atoms with E-state index >= 15 is 0 Å². The van der Waals surface area contributed by atoms with Crippen molar-refractivity contribution >= 4 is 5.96 Å². The Morgan fingerprint density at radius 1 is 1.25 bits per heavy atom. The molecule has 0 amide bonds. The number of aliphatic imine (C=N–C) groups is 1. The lowest BCUT2D eigenvalue weighted by Crippen LogP contribution is -2.38. The van der Waals surface area contributed by atoms with Crippen molar-refractivity contribution in [3.63, 3.8) is 0 Å². The highest BCUT2D eigenvalue weighted by Gasteiger charge is 2.07. The van der Waals surface area contributed by atoms with E-state index in [1.165, 1.54) is 16.7 Å². The molecule has 0 spiro atoms. The van der Waals surface area contributed by atoms with E-state index in [9.17, 15) is 0 Å². The number of guanidine groups is 1. The summed E-state index contributed by atoms with van der Waals surface area (Å²) in [6.45, 7) is 10.6. The van der Waals surface area contributed by atoms with Gasteiger partial charge in [-0.15, -0.1) is 0 Å². The third-order valence-electron chi connectivity index (χ3n) is 4.31. The average Bonchev–Trinajstić information content (AvgIpc) is 2.61. The maximum absolute atomic E-state index is 5.35. The minimum atomic E-state index is 0.416.